The predicted octanol–water partition coefficient (Wildman–Crippen LogP) is 4.03. The third-order valence-corrected chi connectivity index (χ3v) is 5.63. The highest BCUT2D eigenvalue weighted by molar-refractivity contribution is 6.30. The predicted molar refractivity (Wildman–Crippen MR) is 128 cm³/mol. The molecule has 1 aliphatic heterocycles. The molecule has 172 valence electrons. The molecular weight excluding hydrogens is 456 g/mol. The van der Waals surface area contributed by atoms with Crippen LogP contribution in [0.4, 0.5) is 5.69 Å². The molecule has 1 aliphatic rings. The van der Waals surface area contributed by atoms with Crippen molar-refractivity contribution >= 4 is 40.1 Å². The molecular formula is C25H21ClN4O4. The molecule has 0 saturated carbocycles. The van der Waals surface area contributed by atoms with Gasteiger partial charge in [0.1, 0.15) is 25.6 Å². The summed E-state index contributed by atoms with van der Waals surface area (Å²) in [6, 6.07) is 19.4. The van der Waals surface area contributed by atoms with Gasteiger partial charge in [-0.15, -0.1) is 0 Å². The number of benzene rings is 3. The first-order chi connectivity index (χ1) is 16.6. The number of carbonyl (C=O) groups is 2. The molecule has 0 atom stereocenters. The van der Waals surface area contributed by atoms with E-state index in [2.05, 4.69) is 15.6 Å². The van der Waals surface area contributed by atoms with Crippen LogP contribution in [0, 0.1) is 0 Å². The summed E-state index contributed by atoms with van der Waals surface area (Å²) in [5, 5.41) is 6.32. The van der Waals surface area contributed by atoms with E-state index >= 15 is 0 Å². The lowest BCUT2D eigenvalue weighted by Gasteiger charge is -2.19. The van der Waals surface area contributed by atoms with Gasteiger partial charge in [0.2, 0.25) is 5.91 Å². The van der Waals surface area contributed by atoms with Crippen LogP contribution in [-0.4, -0.2) is 34.6 Å². The van der Waals surface area contributed by atoms with Crippen molar-refractivity contribution in [1.29, 1.82) is 0 Å². The van der Waals surface area contributed by atoms with Crippen LogP contribution in [0.2, 0.25) is 5.02 Å². The highest BCUT2D eigenvalue weighted by Crippen LogP contribution is 2.32. The summed E-state index contributed by atoms with van der Waals surface area (Å²) in [5.74, 6) is 1.34. The summed E-state index contributed by atoms with van der Waals surface area (Å²) < 4.78 is 12.9. The molecule has 5 rings (SSSR count). The van der Waals surface area contributed by atoms with Gasteiger partial charge < -0.3 is 24.7 Å². The van der Waals surface area contributed by atoms with Crippen LogP contribution in [0.3, 0.4) is 0 Å². The van der Waals surface area contributed by atoms with Gasteiger partial charge >= 0.3 is 0 Å². The average Bonchev–Trinajstić information content (AvgIpc) is 3.20. The number of imidazole rings is 1. The van der Waals surface area contributed by atoms with Gasteiger partial charge in [0.05, 0.1) is 17.6 Å². The minimum atomic E-state index is -0.254. The molecule has 2 amide bonds. The van der Waals surface area contributed by atoms with Crippen molar-refractivity contribution in [2.24, 2.45) is 0 Å². The third-order valence-electron chi connectivity index (χ3n) is 5.37. The lowest BCUT2D eigenvalue weighted by atomic mass is 10.2. The van der Waals surface area contributed by atoms with E-state index < -0.39 is 0 Å². The van der Waals surface area contributed by atoms with E-state index in [0.29, 0.717) is 46.8 Å². The largest absolute Gasteiger partial charge is 0.486 e. The number of rotatable bonds is 6. The second-order valence-electron chi connectivity index (χ2n) is 7.70. The fourth-order valence-electron chi connectivity index (χ4n) is 3.76. The molecule has 34 heavy (non-hydrogen) atoms. The molecule has 2 N–H and O–H groups in total. The molecule has 0 saturated heterocycles. The van der Waals surface area contributed by atoms with Crippen LogP contribution >= 0.6 is 11.6 Å². The molecule has 0 spiro atoms. The normalized spacial score (nSPS) is 12.4. The fraction of sp³-hybridized carbons (Fsp3) is 0.160. The summed E-state index contributed by atoms with van der Waals surface area (Å²) in [4.78, 5) is 30.1. The van der Waals surface area contributed by atoms with Crippen molar-refractivity contribution in [2.45, 2.75) is 13.1 Å². The van der Waals surface area contributed by atoms with Crippen molar-refractivity contribution in [3.8, 4) is 11.5 Å². The van der Waals surface area contributed by atoms with Crippen molar-refractivity contribution in [3.63, 3.8) is 0 Å². The Kier molecular flexibility index (Phi) is 6.05. The Labute approximate surface area is 200 Å². The Morgan fingerprint density at radius 2 is 1.74 bits per heavy atom. The molecule has 0 aliphatic carbocycles. The second kappa shape index (κ2) is 9.44. The minimum absolute atomic E-state index is 0.0289. The van der Waals surface area contributed by atoms with Crippen LogP contribution in [0.1, 0.15) is 16.2 Å². The molecule has 0 fully saturated rings. The smallest absolute Gasteiger partial charge is 0.251 e. The zero-order valence-corrected chi connectivity index (χ0v) is 18.8. The monoisotopic (exact) mass is 476 g/mol. The zero-order valence-electron chi connectivity index (χ0n) is 18.1. The number of halogens is 1. The van der Waals surface area contributed by atoms with E-state index in [-0.39, 0.29) is 24.9 Å². The maximum Gasteiger partial charge on any atom is 0.251 e. The third kappa shape index (κ3) is 4.67. The van der Waals surface area contributed by atoms with E-state index in [9.17, 15) is 9.59 Å². The first-order valence-corrected chi connectivity index (χ1v) is 11.1. The van der Waals surface area contributed by atoms with E-state index in [1.54, 1.807) is 47.0 Å². The van der Waals surface area contributed by atoms with E-state index in [1.807, 2.05) is 24.3 Å². The number of hydrogen-bond acceptors (Lipinski definition) is 5. The maximum atomic E-state index is 12.9. The number of nitrogens with one attached hydrogen (secondary N) is 2. The summed E-state index contributed by atoms with van der Waals surface area (Å²) in [5.41, 5.74) is 2.64. The summed E-state index contributed by atoms with van der Waals surface area (Å²) in [6.07, 6.45) is 0. The van der Waals surface area contributed by atoms with Crippen molar-refractivity contribution in [2.75, 3.05) is 18.5 Å². The van der Waals surface area contributed by atoms with Crippen LogP contribution < -0.4 is 20.1 Å². The lowest BCUT2D eigenvalue weighted by Crippen LogP contribution is -2.26. The molecule has 4 aromatic rings. The van der Waals surface area contributed by atoms with Crippen molar-refractivity contribution in [3.05, 3.63) is 83.1 Å². The van der Waals surface area contributed by atoms with Gasteiger partial charge in [0, 0.05) is 22.3 Å². The first-order valence-electron chi connectivity index (χ1n) is 10.7. The van der Waals surface area contributed by atoms with Gasteiger partial charge in [-0.2, -0.15) is 0 Å². The van der Waals surface area contributed by atoms with E-state index in [4.69, 9.17) is 21.1 Å². The number of amides is 2. The maximum absolute atomic E-state index is 12.9. The van der Waals surface area contributed by atoms with Gasteiger partial charge in [-0.05, 0) is 48.5 Å². The minimum Gasteiger partial charge on any atom is -0.486 e. The molecule has 8 nitrogen and oxygen atoms in total. The molecule has 0 radical (unpaired) electrons. The van der Waals surface area contributed by atoms with Gasteiger partial charge in [-0.3, -0.25) is 9.59 Å². The molecule has 2 heterocycles. The van der Waals surface area contributed by atoms with E-state index in [0.717, 1.165) is 11.0 Å². The Morgan fingerprint density at radius 1 is 0.971 bits per heavy atom. The summed E-state index contributed by atoms with van der Waals surface area (Å²) >= 11 is 5.90. The number of anilines is 1. The number of para-hydroxylation sites is 2. The number of fused-ring (bicyclic) bond motifs is 2. The van der Waals surface area contributed by atoms with E-state index in [1.165, 1.54) is 0 Å². The first kappa shape index (κ1) is 21.8. The Bertz CT molecular complexity index is 1370. The van der Waals surface area contributed by atoms with Crippen LogP contribution in [0.5, 0.6) is 11.5 Å². The number of hydrogen-bond donors (Lipinski definition) is 2. The van der Waals surface area contributed by atoms with Crippen molar-refractivity contribution in [1.82, 2.24) is 14.9 Å². The Morgan fingerprint density at radius 3 is 2.56 bits per heavy atom. The second-order valence-corrected chi connectivity index (χ2v) is 8.14. The summed E-state index contributed by atoms with van der Waals surface area (Å²) in [7, 11) is 0. The van der Waals surface area contributed by atoms with Gasteiger partial charge in [-0.25, -0.2) is 4.98 Å². The highest BCUT2D eigenvalue weighted by atomic mass is 35.5. The SMILES string of the molecule is O=C(Cn1c(CNC(=O)c2ccc(Cl)cc2)nc2ccccc21)Nc1ccc2c(c1)OCCO2. The Hall–Kier alpha value is -4.04. The van der Waals surface area contributed by atoms with Gasteiger partial charge in [-0.1, -0.05) is 23.7 Å². The van der Waals surface area contributed by atoms with Gasteiger partial charge in [0.15, 0.2) is 11.5 Å². The summed E-state index contributed by atoms with van der Waals surface area (Å²) in [6.45, 7) is 1.16. The number of nitrogens with zero attached hydrogens (tertiary/aromatic N) is 2. The van der Waals surface area contributed by atoms with Gasteiger partial charge in [0.25, 0.3) is 5.91 Å². The zero-order chi connectivity index (χ0) is 23.5. The number of carbonyl (C=O) groups excluding carboxylic acids is 2. The molecule has 3 aromatic carbocycles. The molecule has 0 unspecified atom stereocenters. The molecule has 1 aromatic heterocycles. The fourth-order valence-corrected chi connectivity index (χ4v) is 3.89. The molecule has 9 heteroatoms. The van der Waals surface area contributed by atoms with Crippen LogP contribution in [0.15, 0.2) is 66.7 Å². The molecule has 0 bridgehead atoms. The topological polar surface area (TPSA) is 94.5 Å². The quantitative estimate of drug-likeness (QED) is 0.438. The Balaban J connectivity index is 1.33. The number of aromatic nitrogens is 2. The standard InChI is InChI=1S/C25H21ClN4O4/c26-17-7-5-16(6-8-17)25(32)27-14-23-29-19-3-1-2-4-20(19)30(23)15-24(31)28-18-9-10-21-22(13-18)34-12-11-33-21/h1-10,13H,11-12,14-15H2,(H,27,32)(H,28,31). The van der Waals surface area contributed by atoms with Crippen LogP contribution in [0.25, 0.3) is 11.0 Å². The van der Waals surface area contributed by atoms with Crippen molar-refractivity contribution < 1.29 is 19.1 Å². The van der Waals surface area contributed by atoms with Crippen LogP contribution in [-0.2, 0) is 17.9 Å². The highest BCUT2D eigenvalue weighted by Gasteiger charge is 2.17. The lowest BCUT2D eigenvalue weighted by molar-refractivity contribution is -0.116. The average molecular weight is 477 g/mol. The number of ether oxygens (including phenoxy) is 2.